The molecule has 1 atom stereocenters. The van der Waals surface area contributed by atoms with Crippen LogP contribution in [-0.2, 0) is 9.59 Å². The van der Waals surface area contributed by atoms with Gasteiger partial charge in [-0.05, 0) is 55.3 Å². The molecule has 2 heterocycles. The van der Waals surface area contributed by atoms with Crippen molar-refractivity contribution in [3.63, 3.8) is 0 Å². The number of nitrogens with zero attached hydrogens (tertiary/aromatic N) is 1. The number of carbonyl (C=O) groups excluding carboxylic acids is 2. The summed E-state index contributed by atoms with van der Waals surface area (Å²) in [5.41, 5.74) is 2.50. The highest BCUT2D eigenvalue weighted by atomic mass is 19.1. The van der Waals surface area contributed by atoms with Crippen LogP contribution in [0.3, 0.4) is 0 Å². The fourth-order valence-corrected chi connectivity index (χ4v) is 3.41. The van der Waals surface area contributed by atoms with Gasteiger partial charge in [-0.2, -0.15) is 4.98 Å². The second kappa shape index (κ2) is 8.02. The van der Waals surface area contributed by atoms with Gasteiger partial charge in [0.15, 0.2) is 0 Å². The molecule has 9 heteroatoms. The first-order chi connectivity index (χ1) is 14.8. The number of halogens is 1. The van der Waals surface area contributed by atoms with Crippen LogP contribution in [0.25, 0.3) is 0 Å². The molecule has 3 aromatic rings. The zero-order valence-corrected chi connectivity index (χ0v) is 16.9. The SMILES string of the molecule is Cc1ccc(C)c(NC(=O)C2CC(=O)Nc3nc(Nc4ccc(F)cc4)[nH]c(=O)c32)c1. The molecule has 1 aromatic heterocycles. The topological polar surface area (TPSA) is 116 Å². The Bertz CT molecular complexity index is 1240. The zero-order chi connectivity index (χ0) is 22.1. The lowest BCUT2D eigenvalue weighted by atomic mass is 9.92. The highest BCUT2D eigenvalue weighted by Gasteiger charge is 2.35. The lowest BCUT2D eigenvalue weighted by Crippen LogP contribution is -2.36. The summed E-state index contributed by atoms with van der Waals surface area (Å²) in [5.74, 6) is -2.19. The minimum atomic E-state index is -0.986. The normalized spacial score (nSPS) is 15.1. The molecule has 2 amide bonds. The molecule has 0 fully saturated rings. The van der Waals surface area contributed by atoms with Gasteiger partial charge >= 0.3 is 0 Å². The van der Waals surface area contributed by atoms with Gasteiger partial charge in [-0.1, -0.05) is 12.1 Å². The van der Waals surface area contributed by atoms with Crippen LogP contribution in [0.15, 0.2) is 47.3 Å². The standard InChI is InChI=1S/C22H20FN5O3/c1-11-3-4-12(2)16(9-11)25-20(30)15-10-17(29)26-19-18(15)21(31)28-22(27-19)24-14-7-5-13(23)6-8-14/h3-9,15H,10H2,1-2H3,(H,25,30)(H3,24,26,27,28,29,31). The summed E-state index contributed by atoms with van der Waals surface area (Å²) in [6.45, 7) is 3.76. The second-order valence-electron chi connectivity index (χ2n) is 7.42. The van der Waals surface area contributed by atoms with Gasteiger partial charge < -0.3 is 16.0 Å². The molecule has 0 aliphatic carbocycles. The van der Waals surface area contributed by atoms with Crippen molar-refractivity contribution in [1.82, 2.24) is 9.97 Å². The molecule has 0 saturated carbocycles. The molecular formula is C22H20FN5O3. The van der Waals surface area contributed by atoms with E-state index in [1.165, 1.54) is 24.3 Å². The molecule has 158 valence electrons. The molecule has 0 bridgehead atoms. The van der Waals surface area contributed by atoms with Crippen LogP contribution in [0.2, 0.25) is 0 Å². The summed E-state index contributed by atoms with van der Waals surface area (Å²) in [4.78, 5) is 44.8. The van der Waals surface area contributed by atoms with Gasteiger partial charge in [-0.25, -0.2) is 4.39 Å². The number of H-pyrrole nitrogens is 1. The number of aromatic nitrogens is 2. The number of anilines is 4. The van der Waals surface area contributed by atoms with E-state index in [0.717, 1.165) is 11.1 Å². The molecule has 0 spiro atoms. The molecule has 1 aliphatic rings. The molecule has 4 N–H and O–H groups in total. The Morgan fingerprint density at radius 3 is 2.61 bits per heavy atom. The Kier molecular flexibility index (Phi) is 5.24. The van der Waals surface area contributed by atoms with Gasteiger partial charge in [0.05, 0.1) is 11.5 Å². The molecule has 1 aliphatic heterocycles. The summed E-state index contributed by atoms with van der Waals surface area (Å²) in [7, 11) is 0. The van der Waals surface area contributed by atoms with Crippen LogP contribution in [-0.4, -0.2) is 21.8 Å². The first kappa shape index (κ1) is 20.3. The first-order valence-electron chi connectivity index (χ1n) is 9.65. The van der Waals surface area contributed by atoms with Crippen LogP contribution in [0.1, 0.15) is 29.0 Å². The van der Waals surface area contributed by atoms with Crippen LogP contribution in [0, 0.1) is 19.7 Å². The number of aryl methyl sites for hydroxylation is 2. The highest BCUT2D eigenvalue weighted by molar-refractivity contribution is 6.04. The third-order valence-corrected chi connectivity index (χ3v) is 5.03. The summed E-state index contributed by atoms with van der Waals surface area (Å²) in [5, 5.41) is 8.22. The maximum Gasteiger partial charge on any atom is 0.258 e. The summed E-state index contributed by atoms with van der Waals surface area (Å²) in [6.07, 6.45) is -0.167. The van der Waals surface area contributed by atoms with Gasteiger partial charge in [-0.15, -0.1) is 0 Å². The first-order valence-corrected chi connectivity index (χ1v) is 9.65. The van der Waals surface area contributed by atoms with Crippen LogP contribution < -0.4 is 21.5 Å². The number of aromatic amines is 1. The van der Waals surface area contributed by atoms with Crippen molar-refractivity contribution in [3.8, 4) is 0 Å². The molecule has 2 aromatic carbocycles. The van der Waals surface area contributed by atoms with Crippen molar-refractivity contribution in [2.45, 2.75) is 26.2 Å². The minimum absolute atomic E-state index is 0.0192. The van der Waals surface area contributed by atoms with E-state index in [0.29, 0.717) is 11.4 Å². The van der Waals surface area contributed by atoms with Gasteiger partial charge in [0.2, 0.25) is 17.8 Å². The smallest absolute Gasteiger partial charge is 0.258 e. The Labute approximate surface area is 176 Å². The fourth-order valence-electron chi connectivity index (χ4n) is 3.41. The number of amides is 2. The Balaban J connectivity index is 1.65. The van der Waals surface area contributed by atoms with Crippen molar-refractivity contribution in [2.24, 2.45) is 0 Å². The summed E-state index contributed by atoms with van der Waals surface area (Å²) in [6, 6.07) is 11.1. The Morgan fingerprint density at radius 2 is 1.87 bits per heavy atom. The van der Waals surface area contributed by atoms with Gasteiger partial charge in [-0.3, -0.25) is 19.4 Å². The van der Waals surface area contributed by atoms with E-state index < -0.39 is 29.1 Å². The Hall–Kier alpha value is -4.01. The van der Waals surface area contributed by atoms with Crippen molar-refractivity contribution < 1.29 is 14.0 Å². The largest absolute Gasteiger partial charge is 0.326 e. The maximum absolute atomic E-state index is 13.1. The summed E-state index contributed by atoms with van der Waals surface area (Å²) < 4.78 is 13.1. The number of benzene rings is 2. The molecule has 0 saturated heterocycles. The maximum atomic E-state index is 13.1. The average Bonchev–Trinajstić information content (AvgIpc) is 2.71. The van der Waals surface area contributed by atoms with Crippen LogP contribution >= 0.6 is 0 Å². The molecule has 31 heavy (non-hydrogen) atoms. The van der Waals surface area contributed by atoms with E-state index in [9.17, 15) is 18.8 Å². The van der Waals surface area contributed by atoms with Crippen molar-refractivity contribution in [1.29, 1.82) is 0 Å². The van der Waals surface area contributed by atoms with E-state index in [1.807, 2.05) is 32.0 Å². The average molecular weight is 421 g/mol. The van der Waals surface area contributed by atoms with E-state index in [2.05, 4.69) is 25.9 Å². The van der Waals surface area contributed by atoms with Gasteiger partial charge in [0, 0.05) is 17.8 Å². The van der Waals surface area contributed by atoms with Crippen LogP contribution in [0.5, 0.6) is 0 Å². The minimum Gasteiger partial charge on any atom is -0.326 e. The monoisotopic (exact) mass is 421 g/mol. The number of hydrogen-bond donors (Lipinski definition) is 4. The number of nitrogens with one attached hydrogen (secondary N) is 4. The zero-order valence-electron chi connectivity index (χ0n) is 16.9. The van der Waals surface area contributed by atoms with E-state index in [4.69, 9.17) is 0 Å². The third kappa shape index (κ3) is 4.30. The molecule has 4 rings (SSSR count). The molecular weight excluding hydrogens is 401 g/mol. The lowest BCUT2D eigenvalue weighted by molar-refractivity contribution is -0.123. The highest BCUT2D eigenvalue weighted by Crippen LogP contribution is 2.30. The number of hydrogen-bond acceptors (Lipinski definition) is 5. The molecule has 1 unspecified atom stereocenters. The van der Waals surface area contributed by atoms with E-state index >= 15 is 0 Å². The molecule has 0 radical (unpaired) electrons. The quantitative estimate of drug-likeness (QED) is 0.516. The number of fused-ring (bicyclic) bond motifs is 1. The van der Waals surface area contributed by atoms with Gasteiger partial charge in [0.25, 0.3) is 5.56 Å². The fraction of sp³-hybridized carbons (Fsp3) is 0.182. The number of rotatable bonds is 4. The second-order valence-corrected chi connectivity index (χ2v) is 7.42. The molecule has 8 nitrogen and oxygen atoms in total. The predicted octanol–water partition coefficient (Wildman–Crippen LogP) is 3.33. The van der Waals surface area contributed by atoms with Crippen molar-refractivity contribution >= 4 is 35.0 Å². The third-order valence-electron chi connectivity index (χ3n) is 5.03. The summed E-state index contributed by atoms with van der Waals surface area (Å²) >= 11 is 0. The van der Waals surface area contributed by atoms with E-state index in [-0.39, 0.29) is 23.8 Å². The Morgan fingerprint density at radius 1 is 1.13 bits per heavy atom. The predicted molar refractivity (Wildman–Crippen MR) is 115 cm³/mol. The van der Waals surface area contributed by atoms with E-state index in [1.54, 1.807) is 0 Å². The number of carbonyl (C=O) groups is 2. The van der Waals surface area contributed by atoms with Crippen molar-refractivity contribution in [3.05, 3.63) is 75.3 Å². The van der Waals surface area contributed by atoms with Crippen molar-refractivity contribution in [2.75, 3.05) is 16.0 Å². The van der Waals surface area contributed by atoms with Gasteiger partial charge in [0.1, 0.15) is 11.6 Å². The lowest BCUT2D eigenvalue weighted by Gasteiger charge is -2.24. The van der Waals surface area contributed by atoms with Crippen LogP contribution in [0.4, 0.5) is 27.5 Å².